The molecule has 1 atom stereocenters. The summed E-state index contributed by atoms with van der Waals surface area (Å²) in [7, 11) is -4.42. The Labute approximate surface area is 154 Å². The molecule has 1 aromatic heterocycles. The van der Waals surface area contributed by atoms with Gasteiger partial charge in [0.2, 0.25) is 0 Å². The van der Waals surface area contributed by atoms with E-state index in [1.165, 1.54) is 12.4 Å². The van der Waals surface area contributed by atoms with Crippen molar-refractivity contribution in [1.82, 2.24) is 9.19 Å². The predicted molar refractivity (Wildman–Crippen MR) is 97.7 cm³/mol. The Morgan fingerprint density at radius 2 is 1.80 bits per heavy atom. The zero-order valence-electron chi connectivity index (χ0n) is 15.0. The third-order valence-corrected chi connectivity index (χ3v) is 7.56. The Morgan fingerprint density at radius 3 is 2.32 bits per heavy atom. The van der Waals surface area contributed by atoms with Crippen LogP contribution in [0.25, 0.3) is 0 Å². The number of hydrogen-bond donors (Lipinski definition) is 0. The summed E-state index contributed by atoms with van der Waals surface area (Å²) < 4.78 is 37.9. The lowest BCUT2D eigenvalue weighted by Gasteiger charge is -2.32. The molecule has 2 heterocycles. The average Bonchev–Trinajstić information content (AvgIpc) is 3.05. The summed E-state index contributed by atoms with van der Waals surface area (Å²) in [4.78, 5) is 0. The second-order valence-corrected chi connectivity index (χ2v) is 10.4. The first-order chi connectivity index (χ1) is 11.4. The standard InChI is InChI=1S/C16H22BClN2O4S/c1-14(2)15(3,4)24-17(23-14)12-9-13(18)11-16(5,10-12)25(21,22)20-8-6-7-19-20/h6-9,11H,10H2,1-5H3. The molecule has 136 valence electrons. The van der Waals surface area contributed by atoms with Crippen molar-refractivity contribution in [3.63, 3.8) is 0 Å². The van der Waals surface area contributed by atoms with Gasteiger partial charge in [0.1, 0.15) is 4.75 Å². The van der Waals surface area contributed by atoms with Gasteiger partial charge in [-0.15, -0.1) is 0 Å². The molecule has 0 saturated carbocycles. The highest BCUT2D eigenvalue weighted by Gasteiger charge is 2.54. The van der Waals surface area contributed by atoms with Crippen molar-refractivity contribution >= 4 is 28.7 Å². The second-order valence-electron chi connectivity index (χ2n) is 7.71. The molecule has 3 rings (SSSR count). The molecule has 1 aliphatic carbocycles. The van der Waals surface area contributed by atoms with E-state index in [9.17, 15) is 8.42 Å². The molecule has 0 aromatic carbocycles. The number of rotatable bonds is 3. The fraction of sp³-hybridized carbons (Fsp3) is 0.562. The van der Waals surface area contributed by atoms with Crippen LogP contribution in [-0.4, -0.2) is 40.7 Å². The van der Waals surface area contributed by atoms with Gasteiger partial charge in [0.25, 0.3) is 10.0 Å². The van der Waals surface area contributed by atoms with Crippen LogP contribution in [0.5, 0.6) is 0 Å². The van der Waals surface area contributed by atoms with Crippen molar-refractivity contribution < 1.29 is 17.7 Å². The predicted octanol–water partition coefficient (Wildman–Crippen LogP) is 2.90. The maximum absolute atomic E-state index is 13.0. The van der Waals surface area contributed by atoms with Crippen LogP contribution >= 0.6 is 11.6 Å². The first-order valence-electron chi connectivity index (χ1n) is 8.07. The van der Waals surface area contributed by atoms with Crippen molar-refractivity contribution in [2.75, 3.05) is 0 Å². The third kappa shape index (κ3) is 2.99. The van der Waals surface area contributed by atoms with Crippen LogP contribution in [0.3, 0.4) is 0 Å². The third-order valence-electron chi connectivity index (χ3n) is 5.19. The van der Waals surface area contributed by atoms with Gasteiger partial charge >= 0.3 is 7.12 Å². The molecule has 0 radical (unpaired) electrons. The van der Waals surface area contributed by atoms with Gasteiger partial charge in [-0.05, 0) is 64.7 Å². The minimum absolute atomic E-state index is 0.211. The maximum Gasteiger partial charge on any atom is 0.490 e. The zero-order chi connectivity index (χ0) is 18.7. The molecule has 0 bridgehead atoms. The van der Waals surface area contributed by atoms with Gasteiger partial charge < -0.3 is 9.31 Å². The van der Waals surface area contributed by atoms with Crippen molar-refractivity contribution in [2.24, 2.45) is 0 Å². The topological polar surface area (TPSA) is 70.4 Å². The van der Waals surface area contributed by atoms with Gasteiger partial charge in [0.05, 0.1) is 17.4 Å². The van der Waals surface area contributed by atoms with E-state index in [-0.39, 0.29) is 6.42 Å². The summed E-state index contributed by atoms with van der Waals surface area (Å²) in [6, 6.07) is 1.57. The van der Waals surface area contributed by atoms with Gasteiger partial charge in [-0.25, -0.2) is 8.42 Å². The van der Waals surface area contributed by atoms with E-state index in [4.69, 9.17) is 20.9 Å². The highest BCUT2D eigenvalue weighted by Crippen LogP contribution is 2.43. The smallest absolute Gasteiger partial charge is 0.400 e. The second kappa shape index (κ2) is 5.71. The van der Waals surface area contributed by atoms with Crippen LogP contribution in [0.15, 0.2) is 41.1 Å². The van der Waals surface area contributed by atoms with E-state index in [1.807, 2.05) is 27.7 Å². The number of halogens is 1. The minimum atomic E-state index is -3.78. The van der Waals surface area contributed by atoms with Gasteiger partial charge in [-0.3, -0.25) is 0 Å². The molecule has 1 aliphatic heterocycles. The van der Waals surface area contributed by atoms with Crippen LogP contribution in [0.1, 0.15) is 41.0 Å². The van der Waals surface area contributed by atoms with E-state index >= 15 is 0 Å². The first-order valence-corrected chi connectivity index (χ1v) is 9.89. The van der Waals surface area contributed by atoms with E-state index in [0.29, 0.717) is 10.5 Å². The zero-order valence-corrected chi connectivity index (χ0v) is 16.6. The molecule has 2 aliphatic rings. The largest absolute Gasteiger partial charge is 0.490 e. The molecular formula is C16H22BClN2O4S. The quantitative estimate of drug-likeness (QED) is 0.749. The van der Waals surface area contributed by atoms with Crippen LogP contribution in [-0.2, 0) is 19.3 Å². The number of hydrogen-bond acceptors (Lipinski definition) is 5. The normalized spacial score (nSPS) is 28.6. The van der Waals surface area contributed by atoms with Crippen LogP contribution < -0.4 is 0 Å². The number of nitrogens with zero attached hydrogens (tertiary/aromatic N) is 2. The lowest BCUT2D eigenvalue weighted by Crippen LogP contribution is -2.42. The van der Waals surface area contributed by atoms with E-state index in [1.54, 1.807) is 25.1 Å². The molecule has 9 heteroatoms. The SMILES string of the molecule is CC1(C)OB(C2=CC(Cl)=CC(C)(S(=O)(=O)n3cccn3)C2)OC1(C)C. The molecule has 1 aromatic rings. The minimum Gasteiger partial charge on any atom is -0.400 e. The lowest BCUT2D eigenvalue weighted by molar-refractivity contribution is 0.00578. The number of aromatic nitrogens is 2. The maximum atomic E-state index is 13.0. The Bertz CT molecular complexity index is 829. The van der Waals surface area contributed by atoms with E-state index in [0.717, 1.165) is 4.09 Å². The molecule has 1 saturated heterocycles. The van der Waals surface area contributed by atoms with Gasteiger partial charge in [0.15, 0.2) is 0 Å². The summed E-state index contributed by atoms with van der Waals surface area (Å²) in [6.45, 7) is 9.44. The molecule has 0 spiro atoms. The van der Waals surface area contributed by atoms with Gasteiger partial charge in [-0.2, -0.15) is 9.19 Å². The van der Waals surface area contributed by atoms with Crippen molar-refractivity contribution in [3.05, 3.63) is 41.1 Å². The lowest BCUT2D eigenvalue weighted by atomic mass is 9.71. The first kappa shape index (κ1) is 18.7. The molecule has 1 unspecified atom stereocenters. The Morgan fingerprint density at radius 1 is 1.20 bits per heavy atom. The summed E-state index contributed by atoms with van der Waals surface area (Å²) in [6.07, 6.45) is 6.32. The van der Waals surface area contributed by atoms with Gasteiger partial charge in [-0.1, -0.05) is 11.6 Å². The van der Waals surface area contributed by atoms with E-state index in [2.05, 4.69) is 5.10 Å². The highest BCUT2D eigenvalue weighted by molar-refractivity contribution is 7.91. The van der Waals surface area contributed by atoms with Crippen molar-refractivity contribution in [2.45, 2.75) is 57.0 Å². The molecule has 1 fully saturated rings. The molecular weight excluding hydrogens is 363 g/mol. The van der Waals surface area contributed by atoms with Crippen LogP contribution in [0.4, 0.5) is 0 Å². The van der Waals surface area contributed by atoms with Gasteiger partial charge in [0, 0.05) is 11.2 Å². The summed E-state index contributed by atoms with van der Waals surface area (Å²) in [5, 5.41) is 4.22. The van der Waals surface area contributed by atoms with Crippen LogP contribution in [0.2, 0.25) is 0 Å². The summed E-state index contributed by atoms with van der Waals surface area (Å²) in [5.41, 5.74) is -0.323. The Kier molecular flexibility index (Phi) is 4.27. The summed E-state index contributed by atoms with van der Waals surface area (Å²) >= 11 is 6.26. The number of allylic oxidation sites excluding steroid dienone is 3. The molecule has 0 amide bonds. The Balaban J connectivity index is 1.95. The van der Waals surface area contributed by atoms with E-state index < -0.39 is 33.1 Å². The summed E-state index contributed by atoms with van der Waals surface area (Å²) in [5.74, 6) is 0. The highest BCUT2D eigenvalue weighted by atomic mass is 35.5. The van der Waals surface area contributed by atoms with Crippen molar-refractivity contribution in [3.8, 4) is 0 Å². The monoisotopic (exact) mass is 384 g/mol. The fourth-order valence-electron chi connectivity index (χ4n) is 2.94. The fourth-order valence-corrected chi connectivity index (χ4v) is 4.85. The molecule has 6 nitrogen and oxygen atoms in total. The van der Waals surface area contributed by atoms with Crippen molar-refractivity contribution in [1.29, 1.82) is 0 Å². The van der Waals surface area contributed by atoms with Crippen LogP contribution in [0, 0.1) is 0 Å². The molecule has 0 N–H and O–H groups in total. The molecule has 25 heavy (non-hydrogen) atoms. The Hall–Kier alpha value is -1.09. The average molecular weight is 385 g/mol.